The number of ether oxygens (including phenoxy) is 1. The lowest BCUT2D eigenvalue weighted by Crippen LogP contribution is -2.28. The van der Waals surface area contributed by atoms with Gasteiger partial charge in [0, 0.05) is 27.8 Å². The van der Waals surface area contributed by atoms with Crippen LogP contribution in [0.25, 0.3) is 0 Å². The number of methoxy groups -OCH3 is 1. The van der Waals surface area contributed by atoms with Crippen molar-refractivity contribution in [1.29, 1.82) is 0 Å². The van der Waals surface area contributed by atoms with Gasteiger partial charge in [-0.1, -0.05) is 32.9 Å². The fourth-order valence-corrected chi connectivity index (χ4v) is 3.21. The molecule has 0 aliphatic carbocycles. The van der Waals surface area contributed by atoms with E-state index in [-0.39, 0.29) is 11.3 Å². The summed E-state index contributed by atoms with van der Waals surface area (Å²) in [6, 6.07) is 8.13. The van der Waals surface area contributed by atoms with E-state index < -0.39 is 10.8 Å². The van der Waals surface area contributed by atoms with Gasteiger partial charge in [0.25, 0.3) is 0 Å². The van der Waals surface area contributed by atoms with Crippen LogP contribution < -0.4 is 10.1 Å². The van der Waals surface area contributed by atoms with Crippen molar-refractivity contribution in [3.8, 4) is 5.75 Å². The molecule has 0 fully saturated rings. The molecule has 3 nitrogen and oxygen atoms in total. The summed E-state index contributed by atoms with van der Waals surface area (Å²) in [7, 11) is 0.864. The molecule has 0 radical (unpaired) electrons. The van der Waals surface area contributed by atoms with Crippen molar-refractivity contribution in [2.24, 2.45) is 0 Å². The molecule has 1 rings (SSSR count). The molecule has 1 N–H and O–H groups in total. The molecule has 0 spiro atoms. The Bertz CT molecular complexity index is 392. The van der Waals surface area contributed by atoms with Crippen molar-refractivity contribution in [2.45, 2.75) is 38.5 Å². The zero-order valence-corrected chi connectivity index (χ0v) is 13.1. The molecule has 1 aromatic rings. The Morgan fingerprint density at radius 1 is 1.26 bits per heavy atom. The molecular formula is C15H25NO2S. The first-order chi connectivity index (χ1) is 9.12. The molecular weight excluding hydrogens is 258 g/mol. The van der Waals surface area contributed by atoms with Gasteiger partial charge in [0.05, 0.1) is 7.11 Å². The van der Waals surface area contributed by atoms with Crippen molar-refractivity contribution in [3.05, 3.63) is 29.8 Å². The molecule has 0 heterocycles. The molecule has 0 aliphatic rings. The fourth-order valence-electron chi connectivity index (χ4n) is 1.87. The van der Waals surface area contributed by atoms with Crippen LogP contribution in [0.15, 0.2) is 24.3 Å². The Hall–Kier alpha value is -0.870. The third-order valence-electron chi connectivity index (χ3n) is 3.32. The van der Waals surface area contributed by atoms with Gasteiger partial charge in [-0.3, -0.25) is 4.21 Å². The first-order valence-corrected chi connectivity index (χ1v) is 8.25. The van der Waals surface area contributed by atoms with Gasteiger partial charge in [0.1, 0.15) is 5.75 Å². The Morgan fingerprint density at radius 2 is 1.89 bits per heavy atom. The van der Waals surface area contributed by atoms with Gasteiger partial charge in [-0.2, -0.15) is 0 Å². The maximum absolute atomic E-state index is 12.2. The third-order valence-corrected chi connectivity index (χ3v) is 5.22. The van der Waals surface area contributed by atoms with Crippen LogP contribution >= 0.6 is 0 Å². The van der Waals surface area contributed by atoms with E-state index in [1.807, 2.05) is 31.2 Å². The first kappa shape index (κ1) is 16.2. The third kappa shape index (κ3) is 4.96. The van der Waals surface area contributed by atoms with Crippen LogP contribution in [0.3, 0.4) is 0 Å². The van der Waals surface area contributed by atoms with Crippen LogP contribution in [0.1, 0.15) is 38.8 Å². The standard InChI is InChI=1S/C15H25NO2S/c1-5-12(3)19(17)11-15(16-6-2)13-7-9-14(18-4)10-8-13/h7-10,12,15-16H,5-6,11H2,1-4H3. The summed E-state index contributed by atoms with van der Waals surface area (Å²) in [6.45, 7) is 7.07. The van der Waals surface area contributed by atoms with Crippen molar-refractivity contribution in [3.63, 3.8) is 0 Å². The summed E-state index contributed by atoms with van der Waals surface area (Å²) in [6.07, 6.45) is 0.952. The lowest BCUT2D eigenvalue weighted by atomic mass is 10.1. The lowest BCUT2D eigenvalue weighted by molar-refractivity contribution is 0.414. The summed E-state index contributed by atoms with van der Waals surface area (Å²) in [5.74, 6) is 1.51. The molecule has 1 aromatic carbocycles. The number of nitrogens with one attached hydrogen (secondary N) is 1. The maximum atomic E-state index is 12.2. The number of hydrogen-bond donors (Lipinski definition) is 1. The Balaban J connectivity index is 2.78. The van der Waals surface area contributed by atoms with E-state index >= 15 is 0 Å². The topological polar surface area (TPSA) is 38.3 Å². The zero-order chi connectivity index (χ0) is 14.3. The Morgan fingerprint density at radius 3 is 2.37 bits per heavy atom. The molecule has 0 aromatic heterocycles. The predicted octanol–water partition coefficient (Wildman–Crippen LogP) is 2.89. The van der Waals surface area contributed by atoms with E-state index in [2.05, 4.69) is 19.2 Å². The summed E-state index contributed by atoms with van der Waals surface area (Å²) in [4.78, 5) is 0. The highest BCUT2D eigenvalue weighted by Gasteiger charge is 2.17. The fraction of sp³-hybridized carbons (Fsp3) is 0.600. The van der Waals surface area contributed by atoms with Crippen LogP contribution in [-0.2, 0) is 10.8 Å². The van der Waals surface area contributed by atoms with Crippen LogP contribution in [0, 0.1) is 0 Å². The van der Waals surface area contributed by atoms with Crippen LogP contribution in [0.4, 0.5) is 0 Å². The number of benzene rings is 1. The minimum absolute atomic E-state index is 0.144. The van der Waals surface area contributed by atoms with Crippen molar-refractivity contribution < 1.29 is 8.95 Å². The molecule has 3 unspecified atom stereocenters. The zero-order valence-electron chi connectivity index (χ0n) is 12.3. The largest absolute Gasteiger partial charge is 0.497 e. The molecule has 0 saturated carbocycles. The minimum Gasteiger partial charge on any atom is -0.497 e. The Kier molecular flexibility index (Phi) is 7.10. The van der Waals surface area contributed by atoms with Crippen LogP contribution in [-0.4, -0.2) is 28.9 Å². The summed E-state index contributed by atoms with van der Waals surface area (Å²) >= 11 is 0. The Labute approximate surface area is 119 Å². The lowest BCUT2D eigenvalue weighted by Gasteiger charge is -2.20. The second-order valence-corrected chi connectivity index (χ2v) is 6.55. The van der Waals surface area contributed by atoms with Crippen LogP contribution in [0.5, 0.6) is 5.75 Å². The predicted molar refractivity (Wildman–Crippen MR) is 82.2 cm³/mol. The highest BCUT2D eigenvalue weighted by atomic mass is 32.2. The van der Waals surface area contributed by atoms with Crippen molar-refractivity contribution >= 4 is 10.8 Å². The molecule has 0 saturated heterocycles. The van der Waals surface area contributed by atoms with Crippen molar-refractivity contribution in [1.82, 2.24) is 5.32 Å². The number of rotatable bonds is 8. The minimum atomic E-state index is -0.798. The van der Waals surface area contributed by atoms with E-state index in [1.165, 1.54) is 5.56 Å². The highest BCUT2D eigenvalue weighted by Crippen LogP contribution is 2.19. The normalized spacial score (nSPS) is 15.8. The van der Waals surface area contributed by atoms with E-state index in [0.29, 0.717) is 5.75 Å². The summed E-state index contributed by atoms with van der Waals surface area (Å²) in [5.41, 5.74) is 1.17. The van der Waals surface area contributed by atoms with Gasteiger partial charge in [0.15, 0.2) is 0 Å². The number of hydrogen-bond acceptors (Lipinski definition) is 3. The molecule has 4 heteroatoms. The maximum Gasteiger partial charge on any atom is 0.118 e. The summed E-state index contributed by atoms with van der Waals surface area (Å²) < 4.78 is 17.4. The van der Waals surface area contributed by atoms with E-state index in [9.17, 15) is 4.21 Å². The van der Waals surface area contributed by atoms with Gasteiger partial charge >= 0.3 is 0 Å². The van der Waals surface area contributed by atoms with Gasteiger partial charge < -0.3 is 10.1 Å². The molecule has 19 heavy (non-hydrogen) atoms. The van der Waals surface area contributed by atoms with Gasteiger partial charge in [-0.25, -0.2) is 0 Å². The summed E-state index contributed by atoms with van der Waals surface area (Å²) in [5, 5.41) is 3.66. The molecule has 3 atom stereocenters. The van der Waals surface area contributed by atoms with Gasteiger partial charge in [-0.05, 0) is 30.7 Å². The second-order valence-electron chi connectivity index (χ2n) is 4.65. The molecule has 0 bridgehead atoms. The molecule has 0 aliphatic heterocycles. The smallest absolute Gasteiger partial charge is 0.118 e. The van der Waals surface area contributed by atoms with E-state index in [1.54, 1.807) is 7.11 Å². The SMILES string of the molecule is CCNC(CS(=O)C(C)CC)c1ccc(OC)cc1. The molecule has 0 amide bonds. The van der Waals surface area contributed by atoms with Gasteiger partial charge in [-0.15, -0.1) is 0 Å². The average Bonchev–Trinajstić information content (AvgIpc) is 2.45. The monoisotopic (exact) mass is 283 g/mol. The van der Waals surface area contributed by atoms with Crippen LogP contribution in [0.2, 0.25) is 0 Å². The quantitative estimate of drug-likeness (QED) is 0.797. The highest BCUT2D eigenvalue weighted by molar-refractivity contribution is 7.85. The van der Waals surface area contributed by atoms with Crippen molar-refractivity contribution in [2.75, 3.05) is 19.4 Å². The second kappa shape index (κ2) is 8.33. The van der Waals surface area contributed by atoms with Gasteiger partial charge in [0.2, 0.25) is 0 Å². The average molecular weight is 283 g/mol. The van der Waals surface area contributed by atoms with E-state index in [4.69, 9.17) is 4.74 Å². The first-order valence-electron chi connectivity index (χ1n) is 6.86. The molecule has 108 valence electrons. The van der Waals surface area contributed by atoms with E-state index in [0.717, 1.165) is 18.7 Å².